The average molecular weight is 643 g/mol. The van der Waals surface area contributed by atoms with E-state index in [-0.39, 0.29) is 4.45 Å². The van der Waals surface area contributed by atoms with Crippen LogP contribution in [0.4, 0.5) is 4.79 Å². The van der Waals surface area contributed by atoms with Crippen LogP contribution in [0.5, 0.6) is 0 Å². The Balaban J connectivity index is 1.97. The molecule has 0 saturated carbocycles. The van der Waals surface area contributed by atoms with Crippen LogP contribution in [-0.4, -0.2) is 19.5 Å². The number of carbonyl (C=O) groups excluding carboxylic acids is 1. The first-order chi connectivity index (χ1) is 19.7. The van der Waals surface area contributed by atoms with Crippen LogP contribution in [0.25, 0.3) is 0 Å². The Morgan fingerprint density at radius 1 is 0.500 bits per heavy atom. The average Bonchev–Trinajstić information content (AvgIpc) is 2.97. The first kappa shape index (κ1) is 38.4. The molecule has 0 atom stereocenters. The van der Waals surface area contributed by atoms with Crippen molar-refractivity contribution >= 4 is 67.2 Å². The minimum Gasteiger partial charge on any atom is -0.274 e. The quantitative estimate of drug-likeness (QED) is 0.0733. The van der Waals surface area contributed by atoms with E-state index in [0.29, 0.717) is 0 Å². The van der Waals surface area contributed by atoms with Gasteiger partial charge in [0.15, 0.2) is 0 Å². The molecule has 0 fully saturated rings. The molecule has 6 heteroatoms. The standard InChI is InChI=1S/C34H58OS5/c1-3-5-7-9-11-13-15-17-19-21-27-37-33(35)39-29-31-23-25-32(26-24-31)30-40-34(36)38-28-22-20-18-16-14-12-10-8-6-4-2/h23-26H,3-22,27-30H2,1-2H3. The fourth-order valence-corrected chi connectivity index (χ4v) is 8.52. The van der Waals surface area contributed by atoms with Crippen LogP contribution in [0.2, 0.25) is 0 Å². The fourth-order valence-electron chi connectivity index (χ4n) is 4.59. The van der Waals surface area contributed by atoms with Gasteiger partial charge in [-0.15, -0.1) is 23.5 Å². The Bertz CT molecular complexity index is 661. The summed E-state index contributed by atoms with van der Waals surface area (Å²) in [6.45, 7) is 4.56. The normalized spacial score (nSPS) is 11.2. The van der Waals surface area contributed by atoms with Crippen LogP contribution >= 0.6 is 59.3 Å². The van der Waals surface area contributed by atoms with Crippen LogP contribution in [0.1, 0.15) is 153 Å². The van der Waals surface area contributed by atoms with Crippen LogP contribution in [0, 0.1) is 0 Å². The van der Waals surface area contributed by atoms with Gasteiger partial charge in [0.25, 0.3) is 0 Å². The number of rotatable bonds is 26. The second kappa shape index (κ2) is 29.5. The summed E-state index contributed by atoms with van der Waals surface area (Å²) in [6.07, 6.45) is 27.3. The van der Waals surface area contributed by atoms with E-state index >= 15 is 0 Å². The van der Waals surface area contributed by atoms with Gasteiger partial charge in [-0.2, -0.15) is 0 Å². The summed E-state index contributed by atoms with van der Waals surface area (Å²) in [5, 5.41) is 0. The molecule has 0 spiro atoms. The number of carbonyl (C=O) groups is 1. The predicted molar refractivity (Wildman–Crippen MR) is 196 cm³/mol. The summed E-state index contributed by atoms with van der Waals surface area (Å²) in [6, 6.07) is 8.73. The molecule has 1 nitrogen and oxygen atoms in total. The van der Waals surface area contributed by atoms with Crippen molar-refractivity contribution < 1.29 is 4.79 Å². The molecular weight excluding hydrogens is 585 g/mol. The molecule has 40 heavy (non-hydrogen) atoms. The molecule has 0 aliphatic carbocycles. The van der Waals surface area contributed by atoms with Crippen LogP contribution < -0.4 is 0 Å². The van der Waals surface area contributed by atoms with E-state index in [1.165, 1.54) is 163 Å². The molecular formula is C34H58OS5. The molecule has 1 aromatic carbocycles. The van der Waals surface area contributed by atoms with E-state index < -0.39 is 0 Å². The van der Waals surface area contributed by atoms with Crippen molar-refractivity contribution in [3.8, 4) is 0 Å². The van der Waals surface area contributed by atoms with E-state index in [1.54, 1.807) is 11.8 Å². The third-order valence-corrected chi connectivity index (χ3v) is 12.2. The molecule has 0 N–H and O–H groups in total. The maximum absolute atomic E-state index is 12.2. The van der Waals surface area contributed by atoms with Gasteiger partial charge in [-0.3, -0.25) is 4.79 Å². The lowest BCUT2D eigenvalue weighted by atomic mass is 10.1. The van der Waals surface area contributed by atoms with E-state index in [1.807, 2.05) is 11.8 Å². The Hall–Kier alpha value is 0.380. The summed E-state index contributed by atoms with van der Waals surface area (Å²) in [5.41, 5.74) is 2.53. The van der Waals surface area contributed by atoms with E-state index in [9.17, 15) is 4.79 Å². The molecule has 0 aliphatic heterocycles. The van der Waals surface area contributed by atoms with Gasteiger partial charge in [0.2, 0.25) is 4.45 Å². The second-order valence-corrected chi connectivity index (χ2v) is 16.5. The number of benzene rings is 1. The number of thioether (sulfide) groups is 4. The zero-order valence-corrected chi connectivity index (χ0v) is 29.8. The Morgan fingerprint density at radius 3 is 1.27 bits per heavy atom. The van der Waals surface area contributed by atoms with Gasteiger partial charge >= 0.3 is 0 Å². The Labute approximate surface area is 271 Å². The monoisotopic (exact) mass is 642 g/mol. The van der Waals surface area contributed by atoms with Crippen molar-refractivity contribution in [1.82, 2.24) is 0 Å². The van der Waals surface area contributed by atoms with Crippen LogP contribution in [0.3, 0.4) is 0 Å². The second-order valence-electron chi connectivity index (χ2n) is 11.0. The fraction of sp³-hybridized carbons (Fsp3) is 0.765. The lowest BCUT2D eigenvalue weighted by Crippen LogP contribution is -1.91. The third kappa shape index (κ3) is 24.9. The molecule has 0 heterocycles. The van der Waals surface area contributed by atoms with Gasteiger partial charge in [-0.25, -0.2) is 0 Å². The van der Waals surface area contributed by atoms with Gasteiger partial charge in [0.05, 0.1) is 0 Å². The summed E-state index contributed by atoms with van der Waals surface area (Å²) >= 11 is 12.2. The molecule has 0 aromatic heterocycles. The number of thiocarbonyl (C=S) groups is 1. The summed E-state index contributed by atoms with van der Waals surface area (Å²) in [5.74, 6) is 3.83. The minimum absolute atomic E-state index is 0.264. The number of unbranched alkanes of at least 4 members (excludes halogenated alkanes) is 18. The van der Waals surface area contributed by atoms with Crippen molar-refractivity contribution in [2.24, 2.45) is 0 Å². The molecule has 0 saturated heterocycles. The molecule has 0 bridgehead atoms. The van der Waals surface area contributed by atoms with E-state index in [4.69, 9.17) is 12.2 Å². The predicted octanol–water partition coefficient (Wildman–Crippen LogP) is 13.9. The maximum Gasteiger partial charge on any atom is 0.246 e. The molecule has 230 valence electrons. The minimum atomic E-state index is 0.264. The smallest absolute Gasteiger partial charge is 0.246 e. The lowest BCUT2D eigenvalue weighted by molar-refractivity contribution is 0.276. The summed E-state index contributed by atoms with van der Waals surface area (Å²) in [7, 11) is 0. The van der Waals surface area contributed by atoms with Gasteiger partial charge < -0.3 is 0 Å². The van der Waals surface area contributed by atoms with Crippen molar-refractivity contribution in [3.05, 3.63) is 35.4 Å². The van der Waals surface area contributed by atoms with Crippen molar-refractivity contribution in [2.75, 3.05) is 11.5 Å². The van der Waals surface area contributed by atoms with Gasteiger partial charge in [-0.1, -0.05) is 189 Å². The molecule has 1 aromatic rings. The highest BCUT2D eigenvalue weighted by Gasteiger charge is 2.06. The first-order valence-corrected chi connectivity index (χ1v) is 20.7. The first-order valence-electron chi connectivity index (χ1n) is 16.3. The molecule has 0 radical (unpaired) electrons. The van der Waals surface area contributed by atoms with Crippen molar-refractivity contribution in [1.29, 1.82) is 0 Å². The molecule has 0 unspecified atom stereocenters. The highest BCUT2D eigenvalue weighted by molar-refractivity contribution is 8.46. The summed E-state index contributed by atoms with van der Waals surface area (Å²) in [4.78, 5) is 12.2. The molecule has 0 amide bonds. The van der Waals surface area contributed by atoms with E-state index in [0.717, 1.165) is 26.5 Å². The SMILES string of the molecule is CCCCCCCCCCCCSC(=O)SCc1ccc(CSC(=S)SCCCCCCCCCCCC)cc1. The lowest BCUT2D eigenvalue weighted by Gasteiger charge is -2.06. The zero-order valence-electron chi connectivity index (χ0n) is 25.7. The number of hydrogen-bond donors (Lipinski definition) is 0. The molecule has 0 aliphatic rings. The third-order valence-electron chi connectivity index (χ3n) is 7.17. The topological polar surface area (TPSA) is 17.1 Å². The van der Waals surface area contributed by atoms with Gasteiger partial charge in [0, 0.05) is 17.3 Å². The van der Waals surface area contributed by atoms with Crippen LogP contribution in [-0.2, 0) is 11.5 Å². The van der Waals surface area contributed by atoms with Gasteiger partial charge in [0.1, 0.15) is 3.53 Å². The summed E-state index contributed by atoms with van der Waals surface area (Å²) < 4.78 is 1.33. The van der Waals surface area contributed by atoms with Crippen LogP contribution in [0.15, 0.2) is 24.3 Å². The highest BCUT2D eigenvalue weighted by atomic mass is 32.2. The zero-order chi connectivity index (χ0) is 28.9. The van der Waals surface area contributed by atoms with Crippen molar-refractivity contribution in [2.45, 2.75) is 154 Å². The number of hydrogen-bond acceptors (Lipinski definition) is 6. The maximum atomic E-state index is 12.2. The van der Waals surface area contributed by atoms with Crippen molar-refractivity contribution in [3.63, 3.8) is 0 Å². The largest absolute Gasteiger partial charge is 0.274 e. The van der Waals surface area contributed by atoms with Gasteiger partial charge in [-0.05, 0) is 29.7 Å². The highest BCUT2D eigenvalue weighted by Crippen LogP contribution is 2.26. The van der Waals surface area contributed by atoms with E-state index in [2.05, 4.69) is 38.1 Å². The molecule has 1 rings (SSSR count). The Kier molecular flexibility index (Phi) is 28.3. The Morgan fingerprint density at radius 2 is 0.850 bits per heavy atom.